The van der Waals surface area contributed by atoms with E-state index >= 15 is 0 Å². The first-order valence-corrected chi connectivity index (χ1v) is 12.5. The van der Waals surface area contributed by atoms with E-state index in [1.807, 2.05) is 42.5 Å². The molecule has 1 aliphatic heterocycles. The molecule has 7 heteroatoms. The van der Waals surface area contributed by atoms with Crippen molar-refractivity contribution in [2.24, 2.45) is 0 Å². The van der Waals surface area contributed by atoms with E-state index < -0.39 is 0 Å². The third kappa shape index (κ3) is 5.33. The molecule has 1 amide bonds. The molecule has 34 heavy (non-hydrogen) atoms. The van der Waals surface area contributed by atoms with Crippen LogP contribution in [0.15, 0.2) is 54.6 Å². The maximum atomic E-state index is 13.1. The number of nitrogens with one attached hydrogen (secondary N) is 1. The number of hydrogen-bond donors (Lipinski definition) is 2. The number of benzene rings is 2. The van der Waals surface area contributed by atoms with Gasteiger partial charge in [-0.2, -0.15) is 0 Å². The molecule has 180 valence electrons. The molecule has 0 saturated carbocycles. The molecule has 2 heterocycles. The molecular formula is C27H33N3O3S. The van der Waals surface area contributed by atoms with Gasteiger partial charge in [-0.1, -0.05) is 30.3 Å². The molecule has 1 aliphatic rings. The summed E-state index contributed by atoms with van der Waals surface area (Å²) in [6, 6.07) is 17.6. The summed E-state index contributed by atoms with van der Waals surface area (Å²) in [6.45, 7) is 8.69. The molecule has 1 fully saturated rings. The maximum absolute atomic E-state index is 13.1. The lowest BCUT2D eigenvalue weighted by Crippen LogP contribution is -2.48. The van der Waals surface area contributed by atoms with Crippen molar-refractivity contribution in [1.29, 1.82) is 0 Å². The minimum absolute atomic E-state index is 0.0117. The van der Waals surface area contributed by atoms with Gasteiger partial charge in [0.25, 0.3) is 5.91 Å². The Morgan fingerprint density at radius 2 is 1.82 bits per heavy atom. The zero-order valence-electron chi connectivity index (χ0n) is 20.1. The van der Waals surface area contributed by atoms with Gasteiger partial charge in [-0.25, -0.2) is 0 Å². The minimum atomic E-state index is -0.0970. The Balaban J connectivity index is 1.73. The summed E-state index contributed by atoms with van der Waals surface area (Å²) in [5, 5.41) is 13.5. The number of nitrogens with zero attached hydrogens (tertiary/aromatic N) is 2. The van der Waals surface area contributed by atoms with Crippen molar-refractivity contribution in [3.63, 3.8) is 0 Å². The van der Waals surface area contributed by atoms with Crippen LogP contribution < -0.4 is 10.1 Å². The molecule has 6 nitrogen and oxygen atoms in total. The predicted octanol–water partition coefficient (Wildman–Crippen LogP) is 4.33. The topological polar surface area (TPSA) is 65.0 Å². The van der Waals surface area contributed by atoms with Gasteiger partial charge in [-0.05, 0) is 49.2 Å². The summed E-state index contributed by atoms with van der Waals surface area (Å²) in [7, 11) is 1.69. The smallest absolute Gasteiger partial charge is 0.256 e. The number of rotatable bonds is 8. The summed E-state index contributed by atoms with van der Waals surface area (Å²) < 4.78 is 5.54. The van der Waals surface area contributed by atoms with Gasteiger partial charge in [0.1, 0.15) is 10.8 Å². The van der Waals surface area contributed by atoms with Crippen LogP contribution in [0, 0.1) is 13.8 Å². The van der Waals surface area contributed by atoms with Gasteiger partial charge < -0.3 is 15.2 Å². The summed E-state index contributed by atoms with van der Waals surface area (Å²) in [6.07, 6.45) is 0. The van der Waals surface area contributed by atoms with Crippen molar-refractivity contribution in [3.05, 3.63) is 81.7 Å². The minimum Gasteiger partial charge on any atom is -0.497 e. The number of ether oxygens (including phenoxy) is 1. The van der Waals surface area contributed by atoms with Gasteiger partial charge in [-0.15, -0.1) is 11.3 Å². The highest BCUT2D eigenvalue weighted by Crippen LogP contribution is 2.43. The predicted molar refractivity (Wildman–Crippen MR) is 138 cm³/mol. The van der Waals surface area contributed by atoms with E-state index in [-0.39, 0.29) is 18.6 Å². The van der Waals surface area contributed by atoms with Crippen molar-refractivity contribution < 1.29 is 14.6 Å². The lowest BCUT2D eigenvalue weighted by Gasteiger charge is -2.40. The third-order valence-electron chi connectivity index (χ3n) is 6.57. The monoisotopic (exact) mass is 479 g/mol. The van der Waals surface area contributed by atoms with Crippen LogP contribution in [0.25, 0.3) is 0 Å². The van der Waals surface area contributed by atoms with Crippen molar-refractivity contribution in [3.8, 4) is 5.75 Å². The zero-order valence-corrected chi connectivity index (χ0v) is 20.9. The Hall–Kier alpha value is -2.71. The van der Waals surface area contributed by atoms with E-state index in [0.29, 0.717) is 12.1 Å². The summed E-state index contributed by atoms with van der Waals surface area (Å²) >= 11 is 1.64. The van der Waals surface area contributed by atoms with Crippen LogP contribution in [0.1, 0.15) is 38.0 Å². The van der Waals surface area contributed by atoms with E-state index in [0.717, 1.165) is 48.1 Å². The zero-order chi connectivity index (χ0) is 24.1. The van der Waals surface area contributed by atoms with Crippen LogP contribution in [-0.2, 0) is 0 Å². The second-order valence-corrected chi connectivity index (χ2v) is 9.85. The van der Waals surface area contributed by atoms with Gasteiger partial charge in [0.05, 0.1) is 19.8 Å². The van der Waals surface area contributed by atoms with E-state index in [2.05, 4.69) is 41.1 Å². The number of aliphatic hydroxyl groups is 1. The summed E-state index contributed by atoms with van der Waals surface area (Å²) in [5.74, 6) is 0.723. The molecule has 0 bridgehead atoms. The number of amides is 1. The highest BCUT2D eigenvalue weighted by Gasteiger charge is 2.31. The van der Waals surface area contributed by atoms with Crippen LogP contribution >= 0.6 is 11.3 Å². The Morgan fingerprint density at radius 3 is 2.50 bits per heavy atom. The Morgan fingerprint density at radius 1 is 1.09 bits per heavy atom. The highest BCUT2D eigenvalue weighted by molar-refractivity contribution is 7.16. The first-order valence-electron chi connectivity index (χ1n) is 11.7. The van der Waals surface area contributed by atoms with Gasteiger partial charge in [0.2, 0.25) is 0 Å². The third-order valence-corrected chi connectivity index (χ3v) is 7.70. The lowest BCUT2D eigenvalue weighted by atomic mass is 9.94. The first-order chi connectivity index (χ1) is 16.5. The van der Waals surface area contributed by atoms with E-state index in [1.54, 1.807) is 18.4 Å². The molecule has 2 aromatic carbocycles. The van der Waals surface area contributed by atoms with Crippen LogP contribution in [-0.4, -0.2) is 67.3 Å². The Kier molecular flexibility index (Phi) is 8.00. The number of hydrogen-bond acceptors (Lipinski definition) is 6. The summed E-state index contributed by atoms with van der Waals surface area (Å²) in [4.78, 5) is 19.0. The van der Waals surface area contributed by atoms with Crippen molar-refractivity contribution in [2.75, 3.05) is 51.8 Å². The average molecular weight is 480 g/mol. The Bertz CT molecular complexity index is 1110. The number of aliphatic hydroxyl groups excluding tert-OH is 1. The van der Waals surface area contributed by atoms with Crippen LogP contribution in [0.4, 0.5) is 5.00 Å². The van der Waals surface area contributed by atoms with Crippen LogP contribution in [0.5, 0.6) is 5.75 Å². The van der Waals surface area contributed by atoms with Gasteiger partial charge in [0.15, 0.2) is 0 Å². The van der Waals surface area contributed by atoms with Crippen molar-refractivity contribution in [2.45, 2.75) is 19.9 Å². The number of thiophene rings is 1. The van der Waals surface area contributed by atoms with Gasteiger partial charge >= 0.3 is 0 Å². The number of methoxy groups -OCH3 is 1. The second-order valence-electron chi connectivity index (χ2n) is 8.63. The molecule has 1 atom stereocenters. The second kappa shape index (κ2) is 11.1. The number of carbonyl (C=O) groups excluding carboxylic acids is 1. The van der Waals surface area contributed by atoms with Crippen molar-refractivity contribution in [1.82, 2.24) is 9.80 Å². The number of piperazine rings is 1. The molecule has 0 spiro atoms. The fourth-order valence-electron chi connectivity index (χ4n) is 4.59. The fourth-order valence-corrected chi connectivity index (χ4v) is 5.68. The molecule has 4 rings (SSSR count). The first kappa shape index (κ1) is 24.4. The fraction of sp³-hybridized carbons (Fsp3) is 0.370. The molecular weight excluding hydrogens is 446 g/mol. The SMILES string of the molecule is COc1cccc([C@H](c2c(NC(=O)c3ccccc3)sc(C)c2C)N2CCN(CCO)CC2)c1. The number of β-amino-alcohol motifs (C(OH)–C–C–N with tert-alkyl or cyclic N) is 1. The maximum Gasteiger partial charge on any atom is 0.256 e. The normalized spacial score (nSPS) is 15.8. The molecule has 2 N–H and O–H groups in total. The summed E-state index contributed by atoms with van der Waals surface area (Å²) in [5.41, 5.74) is 4.15. The molecule has 0 unspecified atom stereocenters. The molecule has 0 aliphatic carbocycles. The molecule has 1 saturated heterocycles. The number of carbonyl (C=O) groups is 1. The average Bonchev–Trinajstić information content (AvgIpc) is 3.14. The van der Waals surface area contributed by atoms with Crippen LogP contribution in [0.2, 0.25) is 0 Å². The lowest BCUT2D eigenvalue weighted by molar-refractivity contribution is 0.0944. The standard InChI is InChI=1S/C27H33N3O3S/c1-19-20(2)34-27(28-26(32)21-8-5-4-6-9-21)24(19)25(22-10-7-11-23(18-22)33-3)30-14-12-29(13-15-30)16-17-31/h4-11,18,25,31H,12-17H2,1-3H3,(H,28,32)/t25-/m1/s1. The largest absolute Gasteiger partial charge is 0.497 e. The highest BCUT2D eigenvalue weighted by atomic mass is 32.1. The van der Waals surface area contributed by atoms with Gasteiger partial charge in [-0.3, -0.25) is 14.6 Å². The van der Waals surface area contributed by atoms with E-state index in [1.165, 1.54) is 10.4 Å². The van der Waals surface area contributed by atoms with Crippen LogP contribution in [0.3, 0.4) is 0 Å². The van der Waals surface area contributed by atoms with Crippen molar-refractivity contribution >= 4 is 22.2 Å². The number of anilines is 1. The molecule has 0 radical (unpaired) electrons. The molecule has 1 aromatic heterocycles. The Labute approximate surface area is 205 Å². The van der Waals surface area contributed by atoms with E-state index in [4.69, 9.17) is 4.74 Å². The quantitative estimate of drug-likeness (QED) is 0.504. The molecule has 3 aromatic rings. The van der Waals surface area contributed by atoms with E-state index in [9.17, 15) is 9.90 Å². The number of aryl methyl sites for hydroxylation is 1. The van der Waals surface area contributed by atoms with Gasteiger partial charge in [0, 0.05) is 48.7 Å².